The maximum Gasteiger partial charge on any atom is 0.292 e. The molecule has 1 amide bonds. The average molecular weight is 312 g/mol. The fourth-order valence-corrected chi connectivity index (χ4v) is 2.72. The standard InChI is InChI=1S/C17H20N4O2/c1-3-23-13-9-7-12(8-10-13)11(2)18-21-17(22)16-14-5-4-6-15(14)19-20-16/h7-10H,3-6H2,1-2H3,(H,19,20)(H,21,22)/b18-11+. The first-order valence-corrected chi connectivity index (χ1v) is 7.83. The second-order valence-corrected chi connectivity index (χ2v) is 5.48. The molecule has 0 spiro atoms. The van der Waals surface area contributed by atoms with Gasteiger partial charge in [-0.2, -0.15) is 10.2 Å². The lowest BCUT2D eigenvalue weighted by molar-refractivity contribution is 0.0949. The maximum absolute atomic E-state index is 12.2. The molecule has 0 unspecified atom stereocenters. The Morgan fingerprint density at radius 3 is 2.87 bits per heavy atom. The highest BCUT2D eigenvalue weighted by atomic mass is 16.5. The van der Waals surface area contributed by atoms with Crippen molar-refractivity contribution in [1.82, 2.24) is 15.6 Å². The molecule has 0 atom stereocenters. The summed E-state index contributed by atoms with van der Waals surface area (Å²) in [6.45, 7) is 4.43. The Morgan fingerprint density at radius 1 is 1.35 bits per heavy atom. The average Bonchev–Trinajstić information content (AvgIpc) is 3.16. The first kappa shape index (κ1) is 15.3. The fraction of sp³-hybridized carbons (Fsp3) is 0.353. The number of nitrogens with zero attached hydrogens (tertiary/aromatic N) is 2. The number of ether oxygens (including phenoxy) is 1. The molecular formula is C17H20N4O2. The summed E-state index contributed by atoms with van der Waals surface area (Å²) < 4.78 is 5.41. The molecule has 1 aromatic carbocycles. The highest BCUT2D eigenvalue weighted by Gasteiger charge is 2.22. The summed E-state index contributed by atoms with van der Waals surface area (Å²) in [6, 6.07) is 7.62. The van der Waals surface area contributed by atoms with Crippen LogP contribution in [0.1, 0.15) is 47.6 Å². The number of amides is 1. The van der Waals surface area contributed by atoms with Gasteiger partial charge in [0.25, 0.3) is 5.91 Å². The predicted octanol–water partition coefficient (Wildman–Crippen LogP) is 2.45. The topological polar surface area (TPSA) is 79.4 Å². The number of aromatic amines is 1. The summed E-state index contributed by atoms with van der Waals surface area (Å²) >= 11 is 0. The monoisotopic (exact) mass is 312 g/mol. The van der Waals surface area contributed by atoms with E-state index in [4.69, 9.17) is 4.74 Å². The Bertz CT molecular complexity index is 732. The van der Waals surface area contributed by atoms with Gasteiger partial charge in [0.15, 0.2) is 5.69 Å². The molecule has 23 heavy (non-hydrogen) atoms. The van der Waals surface area contributed by atoms with E-state index in [0.717, 1.165) is 47.5 Å². The summed E-state index contributed by atoms with van der Waals surface area (Å²) in [5.41, 5.74) is 6.80. The summed E-state index contributed by atoms with van der Waals surface area (Å²) in [6.07, 6.45) is 2.93. The minimum atomic E-state index is -0.269. The lowest BCUT2D eigenvalue weighted by Crippen LogP contribution is -2.21. The Labute approximate surface area is 134 Å². The minimum absolute atomic E-state index is 0.269. The van der Waals surface area contributed by atoms with E-state index in [1.807, 2.05) is 38.1 Å². The minimum Gasteiger partial charge on any atom is -0.494 e. The van der Waals surface area contributed by atoms with Gasteiger partial charge in [0.2, 0.25) is 0 Å². The molecule has 2 N–H and O–H groups in total. The third-order valence-electron chi connectivity index (χ3n) is 3.93. The number of hydrogen-bond donors (Lipinski definition) is 2. The van der Waals surface area contributed by atoms with Crippen LogP contribution in [-0.2, 0) is 12.8 Å². The molecule has 0 aliphatic heterocycles. The number of aromatic nitrogens is 2. The van der Waals surface area contributed by atoms with Gasteiger partial charge in [0, 0.05) is 11.3 Å². The van der Waals surface area contributed by atoms with E-state index in [1.165, 1.54) is 0 Å². The molecule has 0 saturated heterocycles. The van der Waals surface area contributed by atoms with Gasteiger partial charge in [-0.05, 0) is 62.9 Å². The first-order valence-electron chi connectivity index (χ1n) is 7.83. The SMILES string of the molecule is CCOc1ccc(/C(C)=N/NC(=O)c2n[nH]c3c2CCC3)cc1. The normalized spacial score (nSPS) is 13.7. The van der Waals surface area contributed by atoms with E-state index in [2.05, 4.69) is 20.7 Å². The van der Waals surface area contributed by atoms with Crippen LogP contribution in [0.4, 0.5) is 0 Å². The van der Waals surface area contributed by atoms with Gasteiger partial charge >= 0.3 is 0 Å². The molecule has 1 heterocycles. The van der Waals surface area contributed by atoms with E-state index >= 15 is 0 Å². The molecule has 0 bridgehead atoms. The summed E-state index contributed by atoms with van der Waals surface area (Å²) in [5, 5.41) is 11.2. The molecule has 2 aromatic rings. The zero-order valence-electron chi connectivity index (χ0n) is 13.3. The van der Waals surface area contributed by atoms with Crippen LogP contribution in [0.5, 0.6) is 5.75 Å². The summed E-state index contributed by atoms with van der Waals surface area (Å²) in [7, 11) is 0. The van der Waals surface area contributed by atoms with E-state index in [1.54, 1.807) is 0 Å². The number of aryl methyl sites for hydroxylation is 1. The molecule has 0 radical (unpaired) electrons. The quantitative estimate of drug-likeness (QED) is 0.657. The molecule has 6 nitrogen and oxygen atoms in total. The number of fused-ring (bicyclic) bond motifs is 1. The Kier molecular flexibility index (Phi) is 4.41. The van der Waals surface area contributed by atoms with E-state index < -0.39 is 0 Å². The van der Waals surface area contributed by atoms with Crippen LogP contribution in [0.3, 0.4) is 0 Å². The summed E-state index contributed by atoms with van der Waals surface area (Å²) in [5.74, 6) is 0.551. The number of benzene rings is 1. The van der Waals surface area contributed by atoms with E-state index in [9.17, 15) is 4.79 Å². The van der Waals surface area contributed by atoms with Crippen molar-refractivity contribution >= 4 is 11.6 Å². The van der Waals surface area contributed by atoms with Gasteiger partial charge in [-0.15, -0.1) is 0 Å². The second-order valence-electron chi connectivity index (χ2n) is 5.48. The molecule has 120 valence electrons. The van der Waals surface area contributed by atoms with Gasteiger partial charge in [0.05, 0.1) is 12.3 Å². The number of hydrogen-bond acceptors (Lipinski definition) is 4. The lowest BCUT2D eigenvalue weighted by Gasteiger charge is -2.05. The zero-order chi connectivity index (χ0) is 16.2. The highest BCUT2D eigenvalue weighted by molar-refractivity contribution is 6.00. The van der Waals surface area contributed by atoms with Gasteiger partial charge in [-0.3, -0.25) is 9.89 Å². The van der Waals surface area contributed by atoms with Crippen molar-refractivity contribution in [1.29, 1.82) is 0 Å². The fourth-order valence-electron chi connectivity index (χ4n) is 2.72. The molecule has 1 aromatic heterocycles. The van der Waals surface area contributed by atoms with Gasteiger partial charge in [-0.25, -0.2) is 5.43 Å². The van der Waals surface area contributed by atoms with Crippen molar-refractivity contribution < 1.29 is 9.53 Å². The van der Waals surface area contributed by atoms with Crippen LogP contribution < -0.4 is 10.2 Å². The maximum atomic E-state index is 12.2. The number of carbonyl (C=O) groups is 1. The van der Waals surface area contributed by atoms with Crippen molar-refractivity contribution in [2.75, 3.05) is 6.61 Å². The van der Waals surface area contributed by atoms with Crippen LogP contribution in [0.15, 0.2) is 29.4 Å². The Balaban J connectivity index is 1.67. The van der Waals surface area contributed by atoms with Crippen LogP contribution in [-0.4, -0.2) is 28.4 Å². The summed E-state index contributed by atoms with van der Waals surface area (Å²) in [4.78, 5) is 12.2. The molecule has 6 heteroatoms. The molecule has 0 saturated carbocycles. The molecule has 3 rings (SSSR count). The smallest absolute Gasteiger partial charge is 0.292 e. The van der Waals surface area contributed by atoms with Crippen molar-refractivity contribution in [3.8, 4) is 5.75 Å². The number of rotatable bonds is 5. The first-order chi connectivity index (χ1) is 11.2. The second kappa shape index (κ2) is 6.64. The third kappa shape index (κ3) is 3.26. The van der Waals surface area contributed by atoms with Crippen molar-refractivity contribution in [2.45, 2.75) is 33.1 Å². The highest BCUT2D eigenvalue weighted by Crippen LogP contribution is 2.22. The molecule has 0 fully saturated rings. The number of carbonyl (C=O) groups excluding carboxylic acids is 1. The number of H-pyrrole nitrogens is 1. The van der Waals surface area contributed by atoms with Crippen LogP contribution in [0, 0.1) is 0 Å². The van der Waals surface area contributed by atoms with Crippen molar-refractivity contribution in [2.24, 2.45) is 5.10 Å². The van der Waals surface area contributed by atoms with E-state index in [-0.39, 0.29) is 5.91 Å². The predicted molar refractivity (Wildman–Crippen MR) is 87.9 cm³/mol. The largest absolute Gasteiger partial charge is 0.494 e. The zero-order valence-corrected chi connectivity index (χ0v) is 13.3. The molecule has 1 aliphatic carbocycles. The van der Waals surface area contributed by atoms with Crippen molar-refractivity contribution in [3.05, 3.63) is 46.8 Å². The van der Waals surface area contributed by atoms with Gasteiger partial charge < -0.3 is 4.74 Å². The molecule has 1 aliphatic rings. The van der Waals surface area contributed by atoms with Crippen LogP contribution in [0.2, 0.25) is 0 Å². The van der Waals surface area contributed by atoms with Gasteiger partial charge in [-0.1, -0.05) is 0 Å². The number of nitrogens with one attached hydrogen (secondary N) is 2. The van der Waals surface area contributed by atoms with Crippen LogP contribution in [0.25, 0.3) is 0 Å². The molecular weight excluding hydrogens is 292 g/mol. The number of hydrazone groups is 1. The van der Waals surface area contributed by atoms with E-state index in [0.29, 0.717) is 12.3 Å². The Morgan fingerprint density at radius 2 is 2.13 bits per heavy atom. The third-order valence-corrected chi connectivity index (χ3v) is 3.93. The van der Waals surface area contributed by atoms with Crippen molar-refractivity contribution in [3.63, 3.8) is 0 Å². The van der Waals surface area contributed by atoms with Crippen LogP contribution >= 0.6 is 0 Å². The Hall–Kier alpha value is -2.63. The lowest BCUT2D eigenvalue weighted by atomic mass is 10.1. The van der Waals surface area contributed by atoms with Gasteiger partial charge in [0.1, 0.15) is 5.75 Å².